The minimum absolute atomic E-state index is 0.00196. The van der Waals surface area contributed by atoms with Crippen LogP contribution in [0.1, 0.15) is 48.9 Å². The molecule has 0 aliphatic carbocycles. The highest BCUT2D eigenvalue weighted by Gasteiger charge is 2.30. The first kappa shape index (κ1) is 21.5. The Kier molecular flexibility index (Phi) is 6.63. The van der Waals surface area contributed by atoms with Gasteiger partial charge in [0, 0.05) is 5.56 Å². The van der Waals surface area contributed by atoms with Crippen molar-refractivity contribution >= 4 is 23.3 Å². The van der Waals surface area contributed by atoms with Gasteiger partial charge in [0.25, 0.3) is 0 Å². The van der Waals surface area contributed by atoms with E-state index in [1.165, 1.54) is 0 Å². The highest BCUT2D eigenvalue weighted by molar-refractivity contribution is 5.98. The molecule has 0 spiro atoms. The monoisotopic (exact) mass is 420 g/mol. The van der Waals surface area contributed by atoms with Crippen molar-refractivity contribution in [3.05, 3.63) is 34.9 Å². The van der Waals surface area contributed by atoms with Crippen molar-refractivity contribution in [2.75, 3.05) is 30.5 Å². The molecule has 1 aliphatic rings. The lowest BCUT2D eigenvalue weighted by Gasteiger charge is -2.26. The zero-order valence-corrected chi connectivity index (χ0v) is 17.4. The van der Waals surface area contributed by atoms with Crippen LogP contribution in [0.2, 0.25) is 0 Å². The highest BCUT2D eigenvalue weighted by Crippen LogP contribution is 2.42. The maximum Gasteiger partial charge on any atom is 0.211 e. The number of nitrogens with two attached hydrogens (primary N) is 2. The summed E-state index contributed by atoms with van der Waals surface area (Å²) in [5.41, 5.74) is 13.7. The molecule has 31 heavy (non-hydrogen) atoms. The lowest BCUT2D eigenvalue weighted by molar-refractivity contribution is 0.285. The molecule has 1 aromatic heterocycles. The van der Waals surface area contributed by atoms with Crippen molar-refractivity contribution in [1.82, 2.24) is 10.3 Å². The molecule has 10 heteroatoms. The van der Waals surface area contributed by atoms with Gasteiger partial charge >= 0.3 is 0 Å². The van der Waals surface area contributed by atoms with Gasteiger partial charge in [-0.1, -0.05) is 25.8 Å². The van der Waals surface area contributed by atoms with Gasteiger partial charge in [-0.3, -0.25) is 5.32 Å². The van der Waals surface area contributed by atoms with Crippen LogP contribution < -0.4 is 31.6 Å². The van der Waals surface area contributed by atoms with E-state index in [1.54, 1.807) is 13.2 Å². The van der Waals surface area contributed by atoms with E-state index in [4.69, 9.17) is 26.2 Å². The van der Waals surface area contributed by atoms with Crippen LogP contribution in [0, 0.1) is 22.8 Å². The SMILES string of the molecule is CCCCCOc1cc(C2N=C(NC#N)Nc3nc(N)c(C#N)c(N)c32)ccc1OC. The lowest BCUT2D eigenvalue weighted by atomic mass is 9.95. The zero-order valence-electron chi connectivity index (χ0n) is 17.4. The van der Waals surface area contributed by atoms with E-state index in [1.807, 2.05) is 24.4 Å². The topological polar surface area (TPSA) is 167 Å². The van der Waals surface area contributed by atoms with E-state index in [0.717, 1.165) is 24.8 Å². The summed E-state index contributed by atoms with van der Waals surface area (Å²) in [6.07, 6.45) is 4.91. The number of nitrogens with zero attached hydrogens (tertiary/aromatic N) is 4. The Hall–Kier alpha value is -4.18. The molecule has 0 saturated carbocycles. The number of rotatable bonds is 7. The van der Waals surface area contributed by atoms with Crippen molar-refractivity contribution in [3.63, 3.8) is 0 Å². The first-order valence-corrected chi connectivity index (χ1v) is 9.83. The Labute approximate surface area is 180 Å². The molecule has 1 atom stereocenters. The van der Waals surface area contributed by atoms with Crippen molar-refractivity contribution < 1.29 is 9.47 Å². The van der Waals surface area contributed by atoms with Crippen molar-refractivity contribution in [2.24, 2.45) is 4.99 Å². The summed E-state index contributed by atoms with van der Waals surface area (Å²) in [6, 6.07) is 6.78. The first-order chi connectivity index (χ1) is 15.0. The fourth-order valence-corrected chi connectivity index (χ4v) is 3.33. The summed E-state index contributed by atoms with van der Waals surface area (Å²) < 4.78 is 11.4. The molecule has 10 nitrogen and oxygen atoms in total. The number of guanidine groups is 1. The van der Waals surface area contributed by atoms with Gasteiger partial charge in [-0.05, 0) is 24.1 Å². The number of aliphatic imine (C=N–C) groups is 1. The third kappa shape index (κ3) is 4.38. The summed E-state index contributed by atoms with van der Waals surface area (Å²) in [6.45, 7) is 2.68. The molecule has 0 amide bonds. The number of benzene rings is 1. The van der Waals surface area contributed by atoms with Gasteiger partial charge in [0.05, 0.1) is 19.4 Å². The van der Waals surface area contributed by atoms with E-state index in [2.05, 4.69) is 27.5 Å². The van der Waals surface area contributed by atoms with Crippen molar-refractivity contribution in [2.45, 2.75) is 32.2 Å². The lowest BCUT2D eigenvalue weighted by Crippen LogP contribution is -2.32. The number of aromatic nitrogens is 1. The minimum atomic E-state index is -0.642. The van der Waals surface area contributed by atoms with Crippen molar-refractivity contribution in [1.29, 1.82) is 10.5 Å². The summed E-state index contributed by atoms with van der Waals surface area (Å²) in [4.78, 5) is 8.82. The fraction of sp³-hybridized carbons (Fsp3) is 0.333. The number of anilines is 3. The molecule has 0 saturated heterocycles. The number of hydrogen-bond donors (Lipinski definition) is 4. The number of nitrogens with one attached hydrogen (secondary N) is 2. The number of methoxy groups -OCH3 is 1. The Morgan fingerprint density at radius 3 is 2.71 bits per heavy atom. The van der Waals surface area contributed by atoms with Gasteiger partial charge < -0.3 is 26.3 Å². The fourth-order valence-electron chi connectivity index (χ4n) is 3.33. The molecule has 3 rings (SSSR count). The molecule has 0 bridgehead atoms. The highest BCUT2D eigenvalue weighted by atomic mass is 16.5. The minimum Gasteiger partial charge on any atom is -0.493 e. The largest absolute Gasteiger partial charge is 0.493 e. The van der Waals surface area contributed by atoms with E-state index in [9.17, 15) is 5.26 Å². The Bertz CT molecular complexity index is 1080. The zero-order chi connectivity index (χ0) is 22.4. The number of nitriles is 2. The average Bonchev–Trinajstić information content (AvgIpc) is 2.76. The average molecular weight is 420 g/mol. The van der Waals surface area contributed by atoms with Crippen LogP contribution in [0.4, 0.5) is 17.3 Å². The van der Waals surface area contributed by atoms with E-state index < -0.39 is 6.04 Å². The van der Waals surface area contributed by atoms with Gasteiger partial charge in [-0.2, -0.15) is 10.5 Å². The van der Waals surface area contributed by atoms with Gasteiger partial charge in [-0.15, -0.1) is 0 Å². The number of hydrogen-bond acceptors (Lipinski definition) is 10. The Morgan fingerprint density at radius 2 is 2.03 bits per heavy atom. The second-order valence-electron chi connectivity index (χ2n) is 6.87. The van der Waals surface area contributed by atoms with Crippen LogP contribution >= 0.6 is 0 Å². The quantitative estimate of drug-likeness (QED) is 0.299. The molecule has 0 radical (unpaired) electrons. The standard InChI is InChI=1S/C21H24N8O2/c1-3-4-5-8-31-15-9-12(6-7-14(15)30-2)18-16-17(24)13(10-22)19(25)28-20(16)29-21(27-18)26-11-23/h6-7,9,18H,3-5,8H2,1-2H3,(H6,24,25,26,27,28,29). The molecule has 160 valence electrons. The smallest absolute Gasteiger partial charge is 0.211 e. The van der Waals surface area contributed by atoms with Gasteiger partial charge in [0.1, 0.15) is 29.3 Å². The maximum atomic E-state index is 9.45. The van der Waals surface area contributed by atoms with Crippen molar-refractivity contribution in [3.8, 4) is 23.8 Å². The van der Waals surface area contributed by atoms with Crippen LogP contribution in [0.25, 0.3) is 0 Å². The molecule has 2 aromatic rings. The molecule has 0 fully saturated rings. The van der Waals surface area contributed by atoms with Crippen LogP contribution in [0.3, 0.4) is 0 Å². The molecule has 1 aliphatic heterocycles. The molecule has 6 N–H and O–H groups in total. The predicted octanol–water partition coefficient (Wildman–Crippen LogP) is 2.64. The van der Waals surface area contributed by atoms with E-state index in [-0.39, 0.29) is 23.0 Å². The molecular formula is C21H24N8O2. The summed E-state index contributed by atoms with van der Waals surface area (Å²) in [5, 5.41) is 23.9. The Balaban J connectivity index is 2.09. The molecule has 1 aromatic carbocycles. The number of ether oxygens (including phenoxy) is 2. The second kappa shape index (κ2) is 9.55. The van der Waals surface area contributed by atoms with E-state index in [0.29, 0.717) is 29.5 Å². The van der Waals surface area contributed by atoms with Crippen LogP contribution in [-0.4, -0.2) is 24.7 Å². The summed E-state index contributed by atoms with van der Waals surface area (Å²) >= 11 is 0. The molecular weight excluding hydrogens is 396 g/mol. The summed E-state index contributed by atoms with van der Waals surface area (Å²) in [7, 11) is 1.57. The first-order valence-electron chi connectivity index (χ1n) is 9.83. The van der Waals surface area contributed by atoms with Gasteiger partial charge in [0.15, 0.2) is 17.7 Å². The van der Waals surface area contributed by atoms with Crippen LogP contribution in [-0.2, 0) is 0 Å². The van der Waals surface area contributed by atoms with Crippen LogP contribution in [0.5, 0.6) is 11.5 Å². The molecule has 2 heterocycles. The normalized spacial score (nSPS) is 14.3. The van der Waals surface area contributed by atoms with Gasteiger partial charge in [0.2, 0.25) is 5.96 Å². The number of unbranched alkanes of at least 4 members (excludes halogenated alkanes) is 2. The number of fused-ring (bicyclic) bond motifs is 1. The second-order valence-corrected chi connectivity index (χ2v) is 6.87. The number of nitrogen functional groups attached to an aromatic ring is 2. The Morgan fingerprint density at radius 1 is 1.23 bits per heavy atom. The third-order valence-corrected chi connectivity index (χ3v) is 4.87. The maximum absolute atomic E-state index is 9.45. The van der Waals surface area contributed by atoms with E-state index >= 15 is 0 Å². The summed E-state index contributed by atoms with van der Waals surface area (Å²) in [5.74, 6) is 1.68. The predicted molar refractivity (Wildman–Crippen MR) is 117 cm³/mol. The number of pyridine rings is 1. The van der Waals surface area contributed by atoms with Gasteiger partial charge in [-0.25, -0.2) is 9.98 Å². The van der Waals surface area contributed by atoms with Crippen LogP contribution in [0.15, 0.2) is 23.2 Å². The molecule has 1 unspecified atom stereocenters. The third-order valence-electron chi connectivity index (χ3n) is 4.87.